The lowest BCUT2D eigenvalue weighted by Gasteiger charge is -2.25. The minimum Gasteiger partial charge on any atom is -0.480 e. The highest BCUT2D eigenvalue weighted by atomic mass is 16.4. The highest BCUT2D eigenvalue weighted by Gasteiger charge is 2.36. The topological polar surface area (TPSA) is 144 Å². The predicted molar refractivity (Wildman–Crippen MR) is 49.3 cm³/mol. The highest BCUT2D eigenvalue weighted by Crippen LogP contribution is 2.04. The first kappa shape index (κ1) is 14.5. The fourth-order valence-corrected chi connectivity index (χ4v) is 0.992. The Hall–Kier alpha value is -1.51. The van der Waals surface area contributed by atoms with Crippen LogP contribution in [0.5, 0.6) is 0 Å². The summed E-state index contributed by atoms with van der Waals surface area (Å²) in [5.74, 6) is -2.33. The highest BCUT2D eigenvalue weighted by molar-refractivity contribution is 5.82. The molecule has 0 aromatic rings. The minimum absolute atomic E-state index is 0.0550. The maximum atomic E-state index is 10.6. The maximum Gasteiger partial charge on any atom is 0.329 e. The van der Waals surface area contributed by atoms with Crippen LogP contribution >= 0.6 is 0 Å². The molecule has 16 heavy (non-hydrogen) atoms. The lowest BCUT2D eigenvalue weighted by Crippen LogP contribution is -2.55. The molecule has 0 saturated heterocycles. The van der Waals surface area contributed by atoms with Gasteiger partial charge in [-0.3, -0.25) is 4.79 Å². The largest absolute Gasteiger partial charge is 0.480 e. The number of amides is 1. The van der Waals surface area contributed by atoms with Gasteiger partial charge in [0.15, 0.2) is 12.3 Å². The molecule has 0 aliphatic heterocycles. The predicted octanol–water partition coefficient (Wildman–Crippen LogP) is -3.14. The second-order valence-electron chi connectivity index (χ2n) is 3.12. The molecule has 1 amide bonds. The van der Waals surface area contributed by atoms with Gasteiger partial charge in [0, 0.05) is 6.92 Å². The van der Waals surface area contributed by atoms with E-state index in [-0.39, 0.29) is 6.29 Å². The van der Waals surface area contributed by atoms with Gasteiger partial charge in [-0.05, 0) is 0 Å². The van der Waals surface area contributed by atoms with Crippen molar-refractivity contribution in [1.29, 1.82) is 0 Å². The first-order chi connectivity index (χ1) is 7.31. The van der Waals surface area contributed by atoms with E-state index in [1.165, 1.54) is 0 Å². The van der Waals surface area contributed by atoms with Crippen molar-refractivity contribution in [2.24, 2.45) is 0 Å². The first-order valence-electron chi connectivity index (χ1n) is 4.30. The minimum atomic E-state index is -2.00. The molecule has 0 aliphatic carbocycles. The normalized spacial score (nSPS) is 18.0. The van der Waals surface area contributed by atoms with Crippen molar-refractivity contribution in [3.05, 3.63) is 0 Å². The summed E-state index contributed by atoms with van der Waals surface area (Å²) in [6.45, 7) is 1.02. The molecule has 8 nitrogen and oxygen atoms in total. The summed E-state index contributed by atoms with van der Waals surface area (Å²) in [6, 6.07) is -1.80. The molecule has 0 aliphatic rings. The lowest BCUT2D eigenvalue weighted by molar-refractivity contribution is -0.151. The quantitative estimate of drug-likeness (QED) is 0.306. The maximum absolute atomic E-state index is 10.6. The molecule has 0 bridgehead atoms. The van der Waals surface area contributed by atoms with Gasteiger partial charge in [-0.1, -0.05) is 0 Å². The van der Waals surface area contributed by atoms with Crippen molar-refractivity contribution < 1.29 is 34.8 Å². The fraction of sp³-hybridized carbons (Fsp3) is 0.625. The van der Waals surface area contributed by atoms with Gasteiger partial charge in [0.2, 0.25) is 5.91 Å². The Labute approximate surface area is 90.5 Å². The number of carbonyl (C=O) groups excluding carboxylic acids is 2. The van der Waals surface area contributed by atoms with Crippen LogP contribution in [0.3, 0.4) is 0 Å². The van der Waals surface area contributed by atoms with E-state index in [1.807, 2.05) is 5.32 Å². The van der Waals surface area contributed by atoms with Gasteiger partial charge in [-0.2, -0.15) is 0 Å². The van der Waals surface area contributed by atoms with Crippen LogP contribution < -0.4 is 5.32 Å². The molecule has 0 heterocycles. The number of aliphatic carboxylic acids is 1. The standard InChI is InChI=1S/C8H13NO7/c1-3(11)9-5(8(15)16)7(14)6(13)4(12)2-10/h2,4-7,12-14H,1H3,(H,9,11)(H,15,16). The van der Waals surface area contributed by atoms with E-state index in [9.17, 15) is 24.6 Å². The van der Waals surface area contributed by atoms with Crippen molar-refractivity contribution in [2.45, 2.75) is 31.3 Å². The van der Waals surface area contributed by atoms with E-state index in [1.54, 1.807) is 0 Å². The van der Waals surface area contributed by atoms with Crippen LogP contribution in [0, 0.1) is 0 Å². The molecule has 92 valence electrons. The van der Waals surface area contributed by atoms with Crippen molar-refractivity contribution in [1.82, 2.24) is 5.32 Å². The van der Waals surface area contributed by atoms with E-state index >= 15 is 0 Å². The molecule has 4 unspecified atom stereocenters. The average molecular weight is 235 g/mol. The van der Waals surface area contributed by atoms with E-state index < -0.39 is 36.2 Å². The molecule has 4 atom stereocenters. The SMILES string of the molecule is CC(=O)NC(C(=O)O)C(O)C(O)C(O)C=O. The van der Waals surface area contributed by atoms with E-state index in [2.05, 4.69) is 0 Å². The number of carboxylic acids is 1. The number of carboxylic acid groups (broad SMARTS) is 1. The summed E-state index contributed by atoms with van der Waals surface area (Å²) in [6.07, 6.45) is -5.97. The number of aldehydes is 1. The van der Waals surface area contributed by atoms with E-state index in [0.717, 1.165) is 6.92 Å². The monoisotopic (exact) mass is 235 g/mol. The van der Waals surface area contributed by atoms with Crippen molar-refractivity contribution in [3.63, 3.8) is 0 Å². The number of aliphatic hydroxyl groups excluding tert-OH is 3. The van der Waals surface area contributed by atoms with Crippen LogP contribution in [-0.4, -0.2) is 62.9 Å². The zero-order chi connectivity index (χ0) is 12.9. The number of rotatable bonds is 6. The molecule has 8 heteroatoms. The summed E-state index contributed by atoms with van der Waals surface area (Å²) in [5, 5.41) is 37.9. The van der Waals surface area contributed by atoms with Crippen LogP contribution in [0.25, 0.3) is 0 Å². The Bertz CT molecular complexity index is 280. The Morgan fingerprint density at radius 2 is 1.69 bits per heavy atom. The van der Waals surface area contributed by atoms with Crippen LogP contribution in [0.2, 0.25) is 0 Å². The number of hydrogen-bond acceptors (Lipinski definition) is 6. The first-order valence-corrected chi connectivity index (χ1v) is 4.30. The molecule has 0 rings (SSSR count). The van der Waals surface area contributed by atoms with Gasteiger partial charge in [-0.25, -0.2) is 4.79 Å². The molecular weight excluding hydrogens is 222 g/mol. The Morgan fingerprint density at radius 1 is 1.19 bits per heavy atom. The van der Waals surface area contributed by atoms with Crippen LogP contribution in [0.4, 0.5) is 0 Å². The van der Waals surface area contributed by atoms with Gasteiger partial charge in [0.25, 0.3) is 0 Å². The van der Waals surface area contributed by atoms with Crippen LogP contribution in [0.15, 0.2) is 0 Å². The van der Waals surface area contributed by atoms with Gasteiger partial charge >= 0.3 is 5.97 Å². The number of hydrogen-bond donors (Lipinski definition) is 5. The number of aliphatic hydroxyl groups is 3. The molecule has 0 fully saturated rings. The lowest BCUT2D eigenvalue weighted by atomic mass is 10.0. The molecule has 0 aromatic carbocycles. The van der Waals surface area contributed by atoms with Gasteiger partial charge < -0.3 is 30.5 Å². The van der Waals surface area contributed by atoms with Crippen molar-refractivity contribution >= 4 is 18.2 Å². The second-order valence-corrected chi connectivity index (χ2v) is 3.12. The van der Waals surface area contributed by atoms with E-state index in [0.29, 0.717) is 0 Å². The van der Waals surface area contributed by atoms with E-state index in [4.69, 9.17) is 10.2 Å². The Morgan fingerprint density at radius 3 is 2.00 bits per heavy atom. The summed E-state index contributed by atoms with van der Waals surface area (Å²) in [4.78, 5) is 31.4. The summed E-state index contributed by atoms with van der Waals surface area (Å²) < 4.78 is 0. The zero-order valence-electron chi connectivity index (χ0n) is 8.40. The third-order valence-electron chi connectivity index (χ3n) is 1.81. The number of carbonyl (C=O) groups is 3. The Balaban J connectivity index is 4.72. The third kappa shape index (κ3) is 3.93. The third-order valence-corrected chi connectivity index (χ3v) is 1.81. The summed E-state index contributed by atoms with van der Waals surface area (Å²) >= 11 is 0. The Kier molecular flexibility index (Phi) is 5.57. The van der Waals surface area contributed by atoms with Crippen LogP contribution in [0.1, 0.15) is 6.92 Å². The zero-order valence-corrected chi connectivity index (χ0v) is 8.40. The smallest absolute Gasteiger partial charge is 0.329 e. The molecule has 0 spiro atoms. The van der Waals surface area contributed by atoms with Gasteiger partial charge in [0.05, 0.1) is 0 Å². The fourth-order valence-electron chi connectivity index (χ4n) is 0.992. The van der Waals surface area contributed by atoms with Crippen molar-refractivity contribution in [2.75, 3.05) is 0 Å². The molecule has 0 saturated carbocycles. The summed E-state index contributed by atoms with van der Waals surface area (Å²) in [5.41, 5.74) is 0. The number of nitrogens with one attached hydrogen (secondary N) is 1. The average Bonchev–Trinajstić information content (AvgIpc) is 2.22. The van der Waals surface area contributed by atoms with Crippen LogP contribution in [-0.2, 0) is 14.4 Å². The second kappa shape index (κ2) is 6.16. The molecular formula is C8H13NO7. The molecule has 0 radical (unpaired) electrons. The van der Waals surface area contributed by atoms with Crippen molar-refractivity contribution in [3.8, 4) is 0 Å². The summed E-state index contributed by atoms with van der Waals surface area (Å²) in [7, 11) is 0. The molecule has 0 aromatic heterocycles. The molecule has 5 N–H and O–H groups in total. The van der Waals surface area contributed by atoms with Gasteiger partial charge in [0.1, 0.15) is 18.3 Å². The van der Waals surface area contributed by atoms with Gasteiger partial charge in [-0.15, -0.1) is 0 Å².